The van der Waals surface area contributed by atoms with E-state index < -0.39 is 0 Å². The molecule has 0 aromatic heterocycles. The molecule has 0 aliphatic carbocycles. The molecule has 20 heavy (non-hydrogen) atoms. The minimum absolute atomic E-state index is 0.101. The van der Waals surface area contributed by atoms with Gasteiger partial charge in [0.2, 0.25) is 11.8 Å². The molecule has 1 N–H and O–H groups in total. The van der Waals surface area contributed by atoms with Gasteiger partial charge in [0.15, 0.2) is 0 Å². The van der Waals surface area contributed by atoms with Crippen LogP contribution in [0, 0.1) is 5.92 Å². The van der Waals surface area contributed by atoms with Crippen LogP contribution in [0.3, 0.4) is 0 Å². The fraction of sp³-hybridized carbons (Fsp3) is 0.467. The predicted octanol–water partition coefficient (Wildman–Crippen LogP) is 2.93. The number of rotatable bonds is 3. The fourth-order valence-corrected chi connectivity index (χ4v) is 2.63. The number of nitrogens with one attached hydrogen (secondary N) is 1. The molecule has 1 unspecified atom stereocenters. The molecule has 4 nitrogen and oxygen atoms in total. The van der Waals surface area contributed by atoms with E-state index in [-0.39, 0.29) is 18.2 Å². The van der Waals surface area contributed by atoms with Crippen molar-refractivity contribution in [1.29, 1.82) is 0 Å². The Labute approximate surface area is 124 Å². The second kappa shape index (κ2) is 6.75. The van der Waals surface area contributed by atoms with Gasteiger partial charge >= 0.3 is 0 Å². The number of piperidine rings is 1. The van der Waals surface area contributed by atoms with Crippen LogP contribution in [-0.2, 0) is 9.59 Å². The number of anilines is 1. The van der Waals surface area contributed by atoms with E-state index >= 15 is 0 Å². The minimum Gasteiger partial charge on any atom is -0.342 e. The Morgan fingerprint density at radius 3 is 2.95 bits per heavy atom. The molecule has 0 saturated carbocycles. The third-order valence-corrected chi connectivity index (χ3v) is 3.66. The highest BCUT2D eigenvalue weighted by Gasteiger charge is 2.22. The molecule has 1 heterocycles. The zero-order chi connectivity index (χ0) is 14.5. The number of carbonyl (C=O) groups is 2. The second-order valence-corrected chi connectivity index (χ2v) is 5.76. The SMILES string of the molecule is CC1CCCN(C(=O)CC(=O)Nc2cccc(Cl)c2)C1. The van der Waals surface area contributed by atoms with Gasteiger partial charge in [-0.05, 0) is 37.0 Å². The van der Waals surface area contributed by atoms with E-state index in [4.69, 9.17) is 11.6 Å². The Kier molecular flexibility index (Phi) is 5.01. The van der Waals surface area contributed by atoms with Crippen molar-refractivity contribution in [2.45, 2.75) is 26.2 Å². The van der Waals surface area contributed by atoms with Crippen LogP contribution >= 0.6 is 11.6 Å². The van der Waals surface area contributed by atoms with E-state index in [0.29, 0.717) is 16.6 Å². The molecule has 1 atom stereocenters. The van der Waals surface area contributed by atoms with Gasteiger partial charge in [0.1, 0.15) is 6.42 Å². The molecule has 1 fully saturated rings. The van der Waals surface area contributed by atoms with Gasteiger partial charge in [-0.2, -0.15) is 0 Å². The Morgan fingerprint density at radius 2 is 2.25 bits per heavy atom. The van der Waals surface area contributed by atoms with Gasteiger partial charge in [-0.15, -0.1) is 0 Å². The number of nitrogens with zero attached hydrogens (tertiary/aromatic N) is 1. The largest absolute Gasteiger partial charge is 0.342 e. The first kappa shape index (κ1) is 14.9. The summed E-state index contributed by atoms with van der Waals surface area (Å²) in [7, 11) is 0. The highest BCUT2D eigenvalue weighted by Crippen LogP contribution is 2.17. The maximum absolute atomic E-state index is 12.1. The Hall–Kier alpha value is -1.55. The summed E-state index contributed by atoms with van der Waals surface area (Å²) in [4.78, 5) is 25.7. The summed E-state index contributed by atoms with van der Waals surface area (Å²) in [5.74, 6) is 0.121. The number of likely N-dealkylation sites (tertiary alicyclic amines) is 1. The molecular formula is C15H19ClN2O2. The average molecular weight is 295 g/mol. The van der Waals surface area contributed by atoms with Crippen molar-refractivity contribution in [2.75, 3.05) is 18.4 Å². The van der Waals surface area contributed by atoms with Crippen LogP contribution in [0.5, 0.6) is 0 Å². The number of hydrogen-bond donors (Lipinski definition) is 1. The van der Waals surface area contributed by atoms with E-state index in [1.807, 2.05) is 0 Å². The highest BCUT2D eigenvalue weighted by atomic mass is 35.5. The van der Waals surface area contributed by atoms with E-state index in [0.717, 1.165) is 25.9 Å². The fourth-order valence-electron chi connectivity index (χ4n) is 2.44. The van der Waals surface area contributed by atoms with Gasteiger partial charge in [-0.3, -0.25) is 9.59 Å². The number of hydrogen-bond acceptors (Lipinski definition) is 2. The molecule has 1 aliphatic heterocycles. The third kappa shape index (κ3) is 4.23. The zero-order valence-corrected chi connectivity index (χ0v) is 12.3. The first-order valence-electron chi connectivity index (χ1n) is 6.88. The van der Waals surface area contributed by atoms with Crippen molar-refractivity contribution in [2.24, 2.45) is 5.92 Å². The maximum atomic E-state index is 12.1. The monoisotopic (exact) mass is 294 g/mol. The Bertz CT molecular complexity index is 504. The Balaban J connectivity index is 1.86. The van der Waals surface area contributed by atoms with Gasteiger partial charge in [0.05, 0.1) is 0 Å². The molecule has 0 bridgehead atoms. The smallest absolute Gasteiger partial charge is 0.233 e. The van der Waals surface area contributed by atoms with Crippen LogP contribution < -0.4 is 5.32 Å². The topological polar surface area (TPSA) is 49.4 Å². The van der Waals surface area contributed by atoms with Crippen molar-refractivity contribution in [3.63, 3.8) is 0 Å². The predicted molar refractivity (Wildman–Crippen MR) is 79.7 cm³/mol. The van der Waals surface area contributed by atoms with Crippen LogP contribution in [0.25, 0.3) is 0 Å². The maximum Gasteiger partial charge on any atom is 0.233 e. The molecule has 5 heteroatoms. The summed E-state index contributed by atoms with van der Waals surface area (Å²) in [6.45, 7) is 3.64. The molecule has 0 spiro atoms. The molecule has 0 radical (unpaired) electrons. The average Bonchev–Trinajstić information content (AvgIpc) is 2.38. The van der Waals surface area contributed by atoms with Crippen molar-refractivity contribution in [1.82, 2.24) is 4.90 Å². The van der Waals surface area contributed by atoms with E-state index in [1.54, 1.807) is 29.2 Å². The third-order valence-electron chi connectivity index (χ3n) is 3.43. The van der Waals surface area contributed by atoms with Gasteiger partial charge in [-0.25, -0.2) is 0 Å². The van der Waals surface area contributed by atoms with Gasteiger partial charge in [0.25, 0.3) is 0 Å². The van der Waals surface area contributed by atoms with Gasteiger partial charge in [-0.1, -0.05) is 24.6 Å². The van der Waals surface area contributed by atoms with Gasteiger partial charge < -0.3 is 10.2 Å². The summed E-state index contributed by atoms with van der Waals surface area (Å²) in [6, 6.07) is 6.90. The molecule has 2 amide bonds. The normalized spacial score (nSPS) is 18.7. The minimum atomic E-state index is -0.296. The zero-order valence-electron chi connectivity index (χ0n) is 11.6. The van der Waals surface area contributed by atoms with Crippen LogP contribution in [0.2, 0.25) is 5.02 Å². The first-order chi connectivity index (χ1) is 9.54. The van der Waals surface area contributed by atoms with Crippen molar-refractivity contribution in [3.05, 3.63) is 29.3 Å². The van der Waals surface area contributed by atoms with E-state index in [1.165, 1.54) is 0 Å². The highest BCUT2D eigenvalue weighted by molar-refractivity contribution is 6.30. The molecule has 1 aromatic carbocycles. The lowest BCUT2D eigenvalue weighted by Crippen LogP contribution is -2.40. The van der Waals surface area contributed by atoms with Crippen molar-refractivity contribution < 1.29 is 9.59 Å². The van der Waals surface area contributed by atoms with E-state index in [9.17, 15) is 9.59 Å². The standard InChI is InChI=1S/C15H19ClN2O2/c1-11-4-3-7-18(10-11)15(20)9-14(19)17-13-6-2-5-12(16)8-13/h2,5-6,8,11H,3-4,7,9-10H2,1H3,(H,17,19). The van der Waals surface area contributed by atoms with Crippen LogP contribution in [0.15, 0.2) is 24.3 Å². The number of benzene rings is 1. The summed E-state index contributed by atoms with van der Waals surface area (Å²) in [6.07, 6.45) is 2.06. The molecule has 1 aliphatic rings. The molecule has 1 saturated heterocycles. The summed E-state index contributed by atoms with van der Waals surface area (Å²) in [5.41, 5.74) is 0.613. The second-order valence-electron chi connectivity index (χ2n) is 5.32. The van der Waals surface area contributed by atoms with Crippen LogP contribution in [-0.4, -0.2) is 29.8 Å². The Morgan fingerprint density at radius 1 is 1.45 bits per heavy atom. The summed E-state index contributed by atoms with van der Waals surface area (Å²) >= 11 is 5.85. The summed E-state index contributed by atoms with van der Waals surface area (Å²) in [5, 5.41) is 3.25. The number of amides is 2. The summed E-state index contributed by atoms with van der Waals surface area (Å²) < 4.78 is 0. The molecule has 1 aromatic rings. The lowest BCUT2D eigenvalue weighted by Gasteiger charge is -2.30. The number of halogens is 1. The molecular weight excluding hydrogens is 276 g/mol. The van der Waals surface area contributed by atoms with E-state index in [2.05, 4.69) is 12.2 Å². The van der Waals surface area contributed by atoms with Crippen molar-refractivity contribution >= 4 is 29.1 Å². The lowest BCUT2D eigenvalue weighted by molar-refractivity contribution is -0.136. The van der Waals surface area contributed by atoms with Crippen molar-refractivity contribution in [3.8, 4) is 0 Å². The lowest BCUT2D eigenvalue weighted by atomic mass is 10.00. The van der Waals surface area contributed by atoms with Crippen LogP contribution in [0.4, 0.5) is 5.69 Å². The van der Waals surface area contributed by atoms with Crippen LogP contribution in [0.1, 0.15) is 26.2 Å². The molecule has 2 rings (SSSR count). The van der Waals surface area contributed by atoms with Gasteiger partial charge in [0, 0.05) is 23.8 Å². The first-order valence-corrected chi connectivity index (χ1v) is 7.25. The quantitative estimate of drug-likeness (QED) is 0.872. The molecule has 108 valence electrons. The number of carbonyl (C=O) groups excluding carboxylic acids is 2.